The zero-order valence-corrected chi connectivity index (χ0v) is 25.0. The second-order valence-corrected chi connectivity index (χ2v) is 11.1. The van der Waals surface area contributed by atoms with Crippen molar-refractivity contribution >= 4 is 0 Å². The van der Waals surface area contributed by atoms with E-state index in [4.69, 9.17) is 9.47 Å². The van der Waals surface area contributed by atoms with E-state index >= 15 is 0 Å². The first kappa shape index (κ1) is 33.9. The molecule has 1 aliphatic rings. The summed E-state index contributed by atoms with van der Waals surface area (Å²) in [5.74, 6) is -4.87. The van der Waals surface area contributed by atoms with Gasteiger partial charge in [-0.2, -0.15) is 8.78 Å². The Morgan fingerprint density at radius 2 is 1.36 bits per heavy atom. The van der Waals surface area contributed by atoms with Crippen LogP contribution in [-0.2, 0) is 15.6 Å². The van der Waals surface area contributed by atoms with Crippen LogP contribution in [0.5, 0.6) is 5.75 Å². The Morgan fingerprint density at radius 3 is 1.96 bits per heavy atom. The van der Waals surface area contributed by atoms with E-state index in [2.05, 4.69) is 23.5 Å². The van der Waals surface area contributed by atoms with E-state index < -0.39 is 58.6 Å². The minimum atomic E-state index is -4.70. The number of ether oxygens (including phenoxy) is 3. The standard InChI is InChI=1S/C36H28F8O3/c1-2-3-4-5-22-19-45-35(46-20-22)25-13-12-24(28(37)14-25)11-8-21-6-9-23(10-7-21)26-15-29(38)33(30(39)16-26)36(43,44)47-27-17-31(40)34(42)32(41)18-27/h6-7,9-10,12-18,22,35H,2-5,19-20H2,1H3. The summed E-state index contributed by atoms with van der Waals surface area (Å²) >= 11 is 0. The molecule has 4 aromatic carbocycles. The number of hydrogen-bond acceptors (Lipinski definition) is 3. The molecule has 0 aliphatic carbocycles. The zero-order chi connectivity index (χ0) is 33.7. The van der Waals surface area contributed by atoms with Gasteiger partial charge in [0.2, 0.25) is 0 Å². The molecule has 47 heavy (non-hydrogen) atoms. The van der Waals surface area contributed by atoms with Crippen LogP contribution in [0.2, 0.25) is 0 Å². The van der Waals surface area contributed by atoms with Gasteiger partial charge in [-0.05, 0) is 53.9 Å². The fourth-order valence-corrected chi connectivity index (χ4v) is 5.06. The highest BCUT2D eigenvalue weighted by molar-refractivity contribution is 5.65. The molecular weight excluding hydrogens is 632 g/mol. The second kappa shape index (κ2) is 14.6. The topological polar surface area (TPSA) is 27.7 Å². The maximum absolute atomic E-state index is 14.8. The number of unbranched alkanes of at least 4 members (excludes halogenated alkanes) is 2. The summed E-state index contributed by atoms with van der Waals surface area (Å²) in [5, 5.41) is 0. The van der Waals surface area contributed by atoms with Gasteiger partial charge >= 0.3 is 6.11 Å². The summed E-state index contributed by atoms with van der Waals surface area (Å²) in [6, 6.07) is 11.9. The number of halogens is 8. The van der Waals surface area contributed by atoms with E-state index in [1.165, 1.54) is 36.4 Å². The molecule has 0 unspecified atom stereocenters. The van der Waals surface area contributed by atoms with Crippen molar-refractivity contribution in [2.75, 3.05) is 13.2 Å². The van der Waals surface area contributed by atoms with Crippen molar-refractivity contribution in [2.45, 2.75) is 45.0 Å². The molecule has 1 heterocycles. The Bertz CT molecular complexity index is 1740. The van der Waals surface area contributed by atoms with Gasteiger partial charge in [0.05, 0.1) is 18.8 Å². The van der Waals surface area contributed by atoms with E-state index in [0.717, 1.165) is 25.7 Å². The lowest BCUT2D eigenvalue weighted by Gasteiger charge is -2.29. The number of benzene rings is 4. The first-order chi connectivity index (χ1) is 22.4. The van der Waals surface area contributed by atoms with E-state index in [1.54, 1.807) is 6.07 Å². The Kier molecular flexibility index (Phi) is 10.5. The van der Waals surface area contributed by atoms with Crippen LogP contribution in [0.3, 0.4) is 0 Å². The van der Waals surface area contributed by atoms with Gasteiger partial charge in [0.1, 0.15) is 28.8 Å². The fraction of sp³-hybridized carbons (Fsp3) is 0.278. The minimum Gasteiger partial charge on any atom is -0.429 e. The summed E-state index contributed by atoms with van der Waals surface area (Å²) in [6.45, 7) is 3.23. The first-order valence-corrected chi connectivity index (χ1v) is 14.8. The van der Waals surface area contributed by atoms with Crippen molar-refractivity contribution < 1.29 is 49.3 Å². The predicted molar refractivity (Wildman–Crippen MR) is 157 cm³/mol. The lowest BCUT2D eigenvalue weighted by Crippen LogP contribution is -2.27. The molecule has 11 heteroatoms. The van der Waals surface area contributed by atoms with Gasteiger partial charge < -0.3 is 14.2 Å². The monoisotopic (exact) mass is 660 g/mol. The maximum atomic E-state index is 14.8. The number of alkyl halides is 2. The normalized spacial score (nSPS) is 16.4. The van der Waals surface area contributed by atoms with Crippen LogP contribution in [0.15, 0.2) is 66.7 Å². The summed E-state index contributed by atoms with van der Waals surface area (Å²) < 4.78 is 129. The van der Waals surface area contributed by atoms with Gasteiger partial charge in [0.25, 0.3) is 0 Å². The Morgan fingerprint density at radius 1 is 0.723 bits per heavy atom. The highest BCUT2D eigenvalue weighted by Gasteiger charge is 2.41. The SMILES string of the molecule is CCCCCC1COC(c2ccc(C#Cc3ccc(-c4cc(F)c(C(F)(F)Oc5cc(F)c(F)c(F)c5)c(F)c4)cc3)c(F)c2)OC1. The number of hydrogen-bond donors (Lipinski definition) is 0. The van der Waals surface area contributed by atoms with E-state index in [-0.39, 0.29) is 28.8 Å². The third kappa shape index (κ3) is 8.13. The van der Waals surface area contributed by atoms with Crippen LogP contribution in [-0.4, -0.2) is 13.2 Å². The average molecular weight is 661 g/mol. The molecule has 0 saturated carbocycles. The van der Waals surface area contributed by atoms with Gasteiger partial charge in [0, 0.05) is 29.2 Å². The van der Waals surface area contributed by atoms with Crippen molar-refractivity contribution in [3.63, 3.8) is 0 Å². The van der Waals surface area contributed by atoms with Gasteiger partial charge in [-0.3, -0.25) is 0 Å². The van der Waals surface area contributed by atoms with Crippen LogP contribution in [0.4, 0.5) is 35.1 Å². The van der Waals surface area contributed by atoms with Gasteiger partial charge in [-0.25, -0.2) is 26.3 Å². The third-order valence-corrected chi connectivity index (χ3v) is 7.54. The van der Waals surface area contributed by atoms with Crippen molar-refractivity contribution in [2.24, 2.45) is 5.92 Å². The Labute approximate surface area is 266 Å². The van der Waals surface area contributed by atoms with Crippen molar-refractivity contribution in [3.8, 4) is 28.7 Å². The molecule has 0 atom stereocenters. The molecule has 1 saturated heterocycles. The van der Waals surface area contributed by atoms with Crippen LogP contribution in [0, 0.1) is 52.7 Å². The highest BCUT2D eigenvalue weighted by Crippen LogP contribution is 2.38. The third-order valence-electron chi connectivity index (χ3n) is 7.54. The smallest absolute Gasteiger partial charge is 0.429 e. The molecule has 1 aliphatic heterocycles. The van der Waals surface area contributed by atoms with Crippen LogP contribution in [0.25, 0.3) is 11.1 Å². The van der Waals surface area contributed by atoms with Crippen molar-refractivity contribution in [1.29, 1.82) is 0 Å². The minimum absolute atomic E-state index is 0.112. The van der Waals surface area contributed by atoms with E-state index in [9.17, 15) is 35.1 Å². The summed E-state index contributed by atoms with van der Waals surface area (Å²) in [6.07, 6.45) is -0.937. The lowest BCUT2D eigenvalue weighted by atomic mass is 10.0. The summed E-state index contributed by atoms with van der Waals surface area (Å²) in [5.41, 5.74) is -0.587. The molecule has 0 bridgehead atoms. The molecule has 0 radical (unpaired) electrons. The molecule has 246 valence electrons. The molecule has 5 rings (SSSR count). The maximum Gasteiger partial charge on any atom is 0.432 e. The lowest BCUT2D eigenvalue weighted by molar-refractivity contribution is -0.206. The van der Waals surface area contributed by atoms with Crippen molar-refractivity contribution in [1.82, 2.24) is 0 Å². The van der Waals surface area contributed by atoms with Crippen LogP contribution in [0.1, 0.15) is 61.2 Å². The first-order valence-electron chi connectivity index (χ1n) is 14.8. The van der Waals surface area contributed by atoms with E-state index in [1.807, 2.05) is 0 Å². The second-order valence-electron chi connectivity index (χ2n) is 11.1. The Balaban J connectivity index is 1.25. The number of rotatable bonds is 9. The van der Waals surface area contributed by atoms with Crippen LogP contribution >= 0.6 is 0 Å². The molecule has 0 N–H and O–H groups in total. The Hall–Kier alpha value is -4.40. The van der Waals surface area contributed by atoms with Gasteiger partial charge in [0.15, 0.2) is 23.7 Å². The molecule has 1 fully saturated rings. The fourth-order valence-electron chi connectivity index (χ4n) is 5.06. The highest BCUT2D eigenvalue weighted by atomic mass is 19.3. The molecule has 4 aromatic rings. The molecule has 0 aromatic heterocycles. The van der Waals surface area contributed by atoms with E-state index in [0.29, 0.717) is 42.4 Å². The molecule has 3 nitrogen and oxygen atoms in total. The zero-order valence-electron chi connectivity index (χ0n) is 25.0. The molecule has 0 amide bonds. The summed E-state index contributed by atoms with van der Waals surface area (Å²) in [7, 11) is 0. The quantitative estimate of drug-likeness (QED) is 0.0775. The van der Waals surface area contributed by atoms with Gasteiger partial charge in [-0.15, -0.1) is 0 Å². The predicted octanol–water partition coefficient (Wildman–Crippen LogP) is 9.96. The average Bonchev–Trinajstić information content (AvgIpc) is 3.03. The molecule has 0 spiro atoms. The molecular formula is C36H28F8O3. The summed E-state index contributed by atoms with van der Waals surface area (Å²) in [4.78, 5) is 0. The van der Waals surface area contributed by atoms with Gasteiger partial charge in [-0.1, -0.05) is 56.2 Å². The van der Waals surface area contributed by atoms with Crippen molar-refractivity contribution in [3.05, 3.63) is 124 Å². The van der Waals surface area contributed by atoms with Crippen LogP contribution < -0.4 is 4.74 Å². The largest absolute Gasteiger partial charge is 0.432 e.